The van der Waals surface area contributed by atoms with Crippen LogP contribution in [0.2, 0.25) is 0 Å². The second-order valence-electron chi connectivity index (χ2n) is 4.04. The van der Waals surface area contributed by atoms with E-state index < -0.39 is 18.0 Å². The summed E-state index contributed by atoms with van der Waals surface area (Å²) in [6.45, 7) is 0. The van der Waals surface area contributed by atoms with Crippen molar-refractivity contribution < 1.29 is 17.6 Å². The summed E-state index contributed by atoms with van der Waals surface area (Å²) in [4.78, 5) is 0. The molecule has 0 saturated heterocycles. The molecular formula is C14H11F4N. The fourth-order valence-corrected chi connectivity index (χ4v) is 1.74. The second kappa shape index (κ2) is 5.30. The SMILES string of the molecule is Fc1cccc(NC(c2ccccc2)C(F)(F)F)c1. The Bertz CT molecular complexity index is 537. The molecule has 0 aliphatic rings. The Kier molecular flexibility index (Phi) is 3.74. The predicted molar refractivity (Wildman–Crippen MR) is 65.3 cm³/mol. The molecule has 0 spiro atoms. The van der Waals surface area contributed by atoms with Gasteiger partial charge in [0.1, 0.15) is 11.9 Å². The van der Waals surface area contributed by atoms with Gasteiger partial charge < -0.3 is 5.32 Å². The van der Waals surface area contributed by atoms with Crippen LogP contribution in [0.1, 0.15) is 11.6 Å². The summed E-state index contributed by atoms with van der Waals surface area (Å²) in [6.07, 6.45) is -4.46. The third-order valence-corrected chi connectivity index (χ3v) is 2.60. The van der Waals surface area contributed by atoms with Crippen molar-refractivity contribution in [3.8, 4) is 0 Å². The van der Waals surface area contributed by atoms with Gasteiger partial charge in [-0.25, -0.2) is 4.39 Å². The molecule has 19 heavy (non-hydrogen) atoms. The van der Waals surface area contributed by atoms with Crippen molar-refractivity contribution in [2.24, 2.45) is 0 Å². The molecule has 5 heteroatoms. The standard InChI is InChI=1S/C14H11F4N/c15-11-7-4-8-12(9-11)19-13(14(16,17)18)10-5-2-1-3-6-10/h1-9,13,19H. The zero-order valence-electron chi connectivity index (χ0n) is 9.79. The fourth-order valence-electron chi connectivity index (χ4n) is 1.74. The summed E-state index contributed by atoms with van der Waals surface area (Å²) in [7, 11) is 0. The highest BCUT2D eigenvalue weighted by molar-refractivity contribution is 5.46. The quantitative estimate of drug-likeness (QED) is 0.806. The number of alkyl halides is 3. The van der Waals surface area contributed by atoms with Crippen LogP contribution in [0.25, 0.3) is 0 Å². The minimum Gasteiger partial charge on any atom is -0.370 e. The lowest BCUT2D eigenvalue weighted by Gasteiger charge is -2.23. The Morgan fingerprint density at radius 3 is 2.16 bits per heavy atom. The zero-order chi connectivity index (χ0) is 13.9. The van der Waals surface area contributed by atoms with Gasteiger partial charge >= 0.3 is 6.18 Å². The van der Waals surface area contributed by atoms with Gasteiger partial charge in [-0.15, -0.1) is 0 Å². The van der Waals surface area contributed by atoms with Crippen LogP contribution in [0.5, 0.6) is 0 Å². The van der Waals surface area contributed by atoms with Crippen LogP contribution in [0, 0.1) is 5.82 Å². The maximum Gasteiger partial charge on any atom is 0.412 e. The average Bonchev–Trinajstić information content (AvgIpc) is 2.36. The van der Waals surface area contributed by atoms with E-state index in [1.54, 1.807) is 6.07 Å². The Morgan fingerprint density at radius 2 is 1.58 bits per heavy atom. The van der Waals surface area contributed by atoms with E-state index in [1.807, 2.05) is 0 Å². The number of benzene rings is 2. The molecule has 1 N–H and O–H groups in total. The first-order valence-corrected chi connectivity index (χ1v) is 5.60. The van der Waals surface area contributed by atoms with Crippen molar-refractivity contribution >= 4 is 5.69 Å². The molecule has 2 aromatic rings. The number of hydrogen-bond acceptors (Lipinski definition) is 1. The molecule has 0 aliphatic carbocycles. The lowest BCUT2D eigenvalue weighted by molar-refractivity contribution is -0.144. The molecule has 1 nitrogen and oxygen atoms in total. The first-order valence-electron chi connectivity index (χ1n) is 5.60. The van der Waals surface area contributed by atoms with Crippen molar-refractivity contribution in [2.75, 3.05) is 5.32 Å². The molecule has 0 bridgehead atoms. The van der Waals surface area contributed by atoms with Crippen molar-refractivity contribution in [2.45, 2.75) is 12.2 Å². The summed E-state index contributed by atoms with van der Waals surface area (Å²) in [5, 5.41) is 2.31. The van der Waals surface area contributed by atoms with Crippen molar-refractivity contribution in [1.29, 1.82) is 0 Å². The van der Waals surface area contributed by atoms with E-state index in [0.717, 1.165) is 6.07 Å². The number of anilines is 1. The van der Waals surface area contributed by atoms with Gasteiger partial charge in [0.25, 0.3) is 0 Å². The van der Waals surface area contributed by atoms with Crippen LogP contribution < -0.4 is 5.32 Å². The van der Waals surface area contributed by atoms with Gasteiger partial charge in [-0.3, -0.25) is 0 Å². The zero-order valence-corrected chi connectivity index (χ0v) is 9.79. The molecule has 0 amide bonds. The molecule has 0 fully saturated rings. The van der Waals surface area contributed by atoms with E-state index in [9.17, 15) is 17.6 Å². The van der Waals surface area contributed by atoms with Crippen molar-refractivity contribution in [3.05, 3.63) is 66.0 Å². The summed E-state index contributed by atoms with van der Waals surface area (Å²) in [5.41, 5.74) is 0.172. The van der Waals surface area contributed by atoms with E-state index in [-0.39, 0.29) is 11.3 Å². The largest absolute Gasteiger partial charge is 0.412 e. The smallest absolute Gasteiger partial charge is 0.370 e. The van der Waals surface area contributed by atoms with Gasteiger partial charge in [-0.1, -0.05) is 36.4 Å². The second-order valence-corrected chi connectivity index (χ2v) is 4.04. The van der Waals surface area contributed by atoms with Gasteiger partial charge in [0.05, 0.1) is 0 Å². The minimum absolute atomic E-state index is 0.0826. The third kappa shape index (κ3) is 3.47. The Balaban J connectivity index is 2.30. The average molecular weight is 269 g/mol. The van der Waals surface area contributed by atoms with Crippen LogP contribution in [0.4, 0.5) is 23.2 Å². The summed E-state index contributed by atoms with van der Waals surface area (Å²) in [6, 6.07) is 10.5. The number of hydrogen-bond donors (Lipinski definition) is 1. The first-order chi connectivity index (χ1) is 8.97. The topological polar surface area (TPSA) is 12.0 Å². The molecule has 2 rings (SSSR count). The Morgan fingerprint density at radius 1 is 0.895 bits per heavy atom. The summed E-state index contributed by atoms with van der Waals surface area (Å²) >= 11 is 0. The van der Waals surface area contributed by atoms with Crippen LogP contribution in [-0.4, -0.2) is 6.18 Å². The highest BCUT2D eigenvalue weighted by atomic mass is 19.4. The van der Waals surface area contributed by atoms with Gasteiger partial charge in [0, 0.05) is 5.69 Å². The van der Waals surface area contributed by atoms with Crippen molar-refractivity contribution in [3.63, 3.8) is 0 Å². The monoisotopic (exact) mass is 269 g/mol. The molecule has 2 aromatic carbocycles. The van der Waals surface area contributed by atoms with E-state index in [1.165, 1.54) is 42.5 Å². The fraction of sp³-hybridized carbons (Fsp3) is 0.143. The van der Waals surface area contributed by atoms with Gasteiger partial charge in [0.15, 0.2) is 0 Å². The normalized spacial score (nSPS) is 13.1. The van der Waals surface area contributed by atoms with Crippen LogP contribution in [0.15, 0.2) is 54.6 Å². The lowest BCUT2D eigenvalue weighted by atomic mass is 10.1. The van der Waals surface area contributed by atoms with E-state index in [2.05, 4.69) is 5.32 Å². The molecular weight excluding hydrogens is 258 g/mol. The van der Waals surface area contributed by atoms with Crippen molar-refractivity contribution in [1.82, 2.24) is 0 Å². The molecule has 1 unspecified atom stereocenters. The molecule has 0 radical (unpaired) electrons. The third-order valence-electron chi connectivity index (χ3n) is 2.60. The highest BCUT2D eigenvalue weighted by Crippen LogP contribution is 2.35. The van der Waals surface area contributed by atoms with Crippen LogP contribution >= 0.6 is 0 Å². The van der Waals surface area contributed by atoms with Crippen LogP contribution in [-0.2, 0) is 0 Å². The van der Waals surface area contributed by atoms with Gasteiger partial charge in [-0.2, -0.15) is 13.2 Å². The first kappa shape index (κ1) is 13.4. The maximum atomic E-state index is 13.0. The highest BCUT2D eigenvalue weighted by Gasteiger charge is 2.40. The lowest BCUT2D eigenvalue weighted by Crippen LogP contribution is -2.27. The molecule has 0 heterocycles. The summed E-state index contributed by atoms with van der Waals surface area (Å²) in [5.74, 6) is -0.584. The molecule has 1 atom stereocenters. The van der Waals surface area contributed by atoms with E-state index in [4.69, 9.17) is 0 Å². The Hall–Kier alpha value is -2.04. The van der Waals surface area contributed by atoms with Gasteiger partial charge in [0.2, 0.25) is 0 Å². The number of nitrogens with one attached hydrogen (secondary N) is 1. The van der Waals surface area contributed by atoms with Crippen LogP contribution in [0.3, 0.4) is 0 Å². The van der Waals surface area contributed by atoms with E-state index >= 15 is 0 Å². The molecule has 0 aromatic heterocycles. The maximum absolute atomic E-state index is 13.0. The Labute approximate surface area is 107 Å². The molecule has 0 saturated carbocycles. The summed E-state index contributed by atoms with van der Waals surface area (Å²) < 4.78 is 52.1. The van der Waals surface area contributed by atoms with E-state index in [0.29, 0.717) is 0 Å². The number of rotatable bonds is 3. The predicted octanol–water partition coefficient (Wildman–Crippen LogP) is 4.54. The number of halogens is 4. The van der Waals surface area contributed by atoms with Gasteiger partial charge in [-0.05, 0) is 23.8 Å². The molecule has 0 aliphatic heterocycles. The molecule has 100 valence electrons. The minimum atomic E-state index is -4.46.